The summed E-state index contributed by atoms with van der Waals surface area (Å²) in [5, 5.41) is 16.3. The Morgan fingerprint density at radius 3 is 2.32 bits per heavy atom. The number of carbonyl (C=O) groups is 1. The van der Waals surface area contributed by atoms with Crippen LogP contribution in [0.4, 0.5) is 0 Å². The van der Waals surface area contributed by atoms with Crippen LogP contribution in [0.3, 0.4) is 0 Å². The maximum Gasteiger partial charge on any atom is 0.275 e. The Morgan fingerprint density at radius 1 is 1.12 bits per heavy atom. The molecule has 0 bridgehead atoms. The Morgan fingerprint density at radius 2 is 1.72 bits per heavy atom. The van der Waals surface area contributed by atoms with E-state index >= 15 is 0 Å². The first-order valence-corrected chi connectivity index (χ1v) is 8.92. The summed E-state index contributed by atoms with van der Waals surface area (Å²) in [4.78, 5) is 12.4. The highest BCUT2D eigenvalue weighted by atomic mass is 16.3. The number of fused-ring (bicyclic) bond motifs is 1. The van der Waals surface area contributed by atoms with E-state index in [1.807, 2.05) is 24.3 Å². The maximum absolute atomic E-state index is 12.4. The molecular weight excluding hydrogens is 312 g/mol. The fourth-order valence-electron chi connectivity index (χ4n) is 3.53. The van der Waals surface area contributed by atoms with Crippen LogP contribution in [-0.2, 0) is 0 Å². The molecule has 1 aliphatic carbocycles. The van der Waals surface area contributed by atoms with Crippen LogP contribution in [0.25, 0.3) is 10.8 Å². The molecule has 1 fully saturated rings. The average Bonchev–Trinajstić information content (AvgIpc) is 2.58. The molecule has 3 rings (SSSR count). The van der Waals surface area contributed by atoms with Gasteiger partial charge in [0.1, 0.15) is 5.75 Å². The Balaban J connectivity index is 1.68. The van der Waals surface area contributed by atoms with Crippen LogP contribution < -0.4 is 5.43 Å². The van der Waals surface area contributed by atoms with Gasteiger partial charge in [-0.15, -0.1) is 0 Å². The number of hydrogen-bond acceptors (Lipinski definition) is 3. The minimum atomic E-state index is -0.367. The molecule has 0 aromatic heterocycles. The van der Waals surface area contributed by atoms with Crippen LogP contribution in [0, 0.1) is 11.3 Å². The second kappa shape index (κ2) is 6.87. The number of hydrogen-bond donors (Lipinski definition) is 2. The summed E-state index contributed by atoms with van der Waals surface area (Å²) >= 11 is 0. The van der Waals surface area contributed by atoms with Gasteiger partial charge in [-0.3, -0.25) is 4.79 Å². The SMILES string of the molecule is CC(C)(C)C1CCC(=NNC(=O)c2cc3ccccc3cc2O)CC1. The molecule has 0 atom stereocenters. The van der Waals surface area contributed by atoms with E-state index < -0.39 is 0 Å². The lowest BCUT2D eigenvalue weighted by Crippen LogP contribution is -2.27. The number of phenols is 1. The number of amides is 1. The fourth-order valence-corrected chi connectivity index (χ4v) is 3.53. The molecular formula is C21H26N2O2. The third kappa shape index (κ3) is 4.01. The van der Waals surface area contributed by atoms with Gasteiger partial charge >= 0.3 is 0 Å². The highest BCUT2D eigenvalue weighted by Gasteiger charge is 2.28. The van der Waals surface area contributed by atoms with Crippen molar-refractivity contribution in [3.63, 3.8) is 0 Å². The van der Waals surface area contributed by atoms with Crippen molar-refractivity contribution >= 4 is 22.4 Å². The van der Waals surface area contributed by atoms with E-state index in [0.29, 0.717) is 11.3 Å². The summed E-state index contributed by atoms with van der Waals surface area (Å²) in [6.45, 7) is 6.85. The van der Waals surface area contributed by atoms with Crippen LogP contribution in [0.1, 0.15) is 56.8 Å². The molecule has 0 aliphatic heterocycles. The van der Waals surface area contributed by atoms with Crippen molar-refractivity contribution in [1.82, 2.24) is 5.43 Å². The van der Waals surface area contributed by atoms with Crippen molar-refractivity contribution in [3.05, 3.63) is 42.0 Å². The van der Waals surface area contributed by atoms with Gasteiger partial charge in [0, 0.05) is 5.71 Å². The molecule has 2 N–H and O–H groups in total. The Labute approximate surface area is 148 Å². The average molecular weight is 338 g/mol. The third-order valence-corrected chi connectivity index (χ3v) is 5.21. The van der Waals surface area contributed by atoms with Gasteiger partial charge in [-0.1, -0.05) is 45.0 Å². The molecule has 4 heteroatoms. The molecule has 1 aliphatic rings. The topological polar surface area (TPSA) is 61.7 Å². The predicted molar refractivity (Wildman–Crippen MR) is 102 cm³/mol. The lowest BCUT2D eigenvalue weighted by atomic mass is 9.72. The second-order valence-corrected chi connectivity index (χ2v) is 7.98. The molecule has 0 saturated heterocycles. The monoisotopic (exact) mass is 338 g/mol. The minimum absolute atomic E-state index is 0.0205. The maximum atomic E-state index is 12.4. The van der Waals surface area contributed by atoms with E-state index in [9.17, 15) is 9.90 Å². The molecule has 0 radical (unpaired) electrons. The lowest BCUT2D eigenvalue weighted by molar-refractivity contribution is 0.0951. The molecule has 4 nitrogen and oxygen atoms in total. The first-order chi connectivity index (χ1) is 11.8. The van der Waals surface area contributed by atoms with E-state index in [2.05, 4.69) is 31.3 Å². The van der Waals surface area contributed by atoms with Crippen molar-refractivity contribution in [3.8, 4) is 5.75 Å². The van der Waals surface area contributed by atoms with Crippen LogP contribution in [0.5, 0.6) is 5.75 Å². The molecule has 0 spiro atoms. The van der Waals surface area contributed by atoms with E-state index in [1.165, 1.54) is 0 Å². The predicted octanol–water partition coefficient (Wildman–Crippen LogP) is 4.87. The van der Waals surface area contributed by atoms with Gasteiger partial charge in [-0.25, -0.2) is 5.43 Å². The number of aromatic hydroxyl groups is 1. The Hall–Kier alpha value is -2.36. The summed E-state index contributed by atoms with van der Waals surface area (Å²) in [6.07, 6.45) is 4.07. The number of benzene rings is 2. The highest BCUT2D eigenvalue weighted by molar-refractivity contribution is 6.02. The minimum Gasteiger partial charge on any atom is -0.507 e. The number of carbonyl (C=O) groups excluding carboxylic acids is 1. The summed E-state index contributed by atoms with van der Waals surface area (Å²) in [7, 11) is 0. The normalized spacial score (nSPS) is 18.2. The van der Waals surface area contributed by atoms with Crippen LogP contribution in [-0.4, -0.2) is 16.7 Å². The Kier molecular flexibility index (Phi) is 4.80. The zero-order valence-electron chi connectivity index (χ0n) is 15.2. The first-order valence-electron chi connectivity index (χ1n) is 8.92. The quantitative estimate of drug-likeness (QED) is 0.768. The van der Waals surface area contributed by atoms with Crippen LogP contribution >= 0.6 is 0 Å². The van der Waals surface area contributed by atoms with E-state index in [1.54, 1.807) is 12.1 Å². The van der Waals surface area contributed by atoms with E-state index in [0.717, 1.165) is 42.2 Å². The molecule has 0 heterocycles. The fraction of sp³-hybridized carbons (Fsp3) is 0.429. The zero-order chi connectivity index (χ0) is 18.0. The molecule has 25 heavy (non-hydrogen) atoms. The van der Waals surface area contributed by atoms with Gasteiger partial charge < -0.3 is 5.11 Å². The highest BCUT2D eigenvalue weighted by Crippen LogP contribution is 2.36. The van der Waals surface area contributed by atoms with E-state index in [4.69, 9.17) is 0 Å². The van der Waals surface area contributed by atoms with Gasteiger partial charge in [-0.05, 0) is 59.9 Å². The summed E-state index contributed by atoms with van der Waals surface area (Å²) in [5.74, 6) is 0.313. The standard InChI is InChI=1S/C21H26N2O2/c1-21(2,3)16-8-10-17(11-9-16)22-23-20(25)18-12-14-6-4-5-7-15(14)13-19(18)24/h4-7,12-13,16,24H,8-11H2,1-3H3,(H,23,25). The lowest BCUT2D eigenvalue weighted by Gasteiger charge is -2.34. The van der Waals surface area contributed by atoms with Crippen molar-refractivity contribution in [2.75, 3.05) is 0 Å². The van der Waals surface area contributed by atoms with Crippen molar-refractivity contribution in [1.29, 1.82) is 0 Å². The number of nitrogens with zero attached hydrogens (tertiary/aromatic N) is 1. The smallest absolute Gasteiger partial charge is 0.275 e. The first kappa shape index (κ1) is 17.5. The summed E-state index contributed by atoms with van der Waals surface area (Å²) in [6, 6.07) is 11.0. The van der Waals surface area contributed by atoms with Gasteiger partial charge in [0.25, 0.3) is 5.91 Å². The largest absolute Gasteiger partial charge is 0.507 e. The molecule has 1 amide bonds. The van der Waals surface area contributed by atoms with Gasteiger partial charge in [0.2, 0.25) is 0 Å². The van der Waals surface area contributed by atoms with Crippen LogP contribution in [0.2, 0.25) is 0 Å². The third-order valence-electron chi connectivity index (χ3n) is 5.21. The molecule has 132 valence electrons. The van der Waals surface area contributed by atoms with Crippen molar-refractivity contribution in [2.24, 2.45) is 16.4 Å². The number of nitrogens with one attached hydrogen (secondary N) is 1. The van der Waals surface area contributed by atoms with Gasteiger partial charge in [-0.2, -0.15) is 5.10 Å². The molecule has 0 unspecified atom stereocenters. The number of phenolic OH excluding ortho intramolecular Hbond substituents is 1. The summed E-state index contributed by atoms with van der Waals surface area (Å²) in [5.41, 5.74) is 4.23. The molecule has 2 aromatic rings. The molecule has 1 saturated carbocycles. The Bertz CT molecular complexity index is 808. The number of hydrazone groups is 1. The zero-order valence-corrected chi connectivity index (χ0v) is 15.2. The second-order valence-electron chi connectivity index (χ2n) is 7.98. The molecule has 2 aromatic carbocycles. The van der Waals surface area contributed by atoms with Gasteiger partial charge in [0.15, 0.2) is 0 Å². The summed E-state index contributed by atoms with van der Waals surface area (Å²) < 4.78 is 0. The van der Waals surface area contributed by atoms with Gasteiger partial charge in [0.05, 0.1) is 5.56 Å². The van der Waals surface area contributed by atoms with Crippen molar-refractivity contribution in [2.45, 2.75) is 46.5 Å². The van der Waals surface area contributed by atoms with Crippen LogP contribution in [0.15, 0.2) is 41.5 Å². The van der Waals surface area contributed by atoms with E-state index in [-0.39, 0.29) is 17.2 Å². The number of rotatable bonds is 2. The van der Waals surface area contributed by atoms with Crippen molar-refractivity contribution < 1.29 is 9.90 Å².